The van der Waals surface area contributed by atoms with Gasteiger partial charge in [-0.05, 0) is 12.1 Å². The van der Waals surface area contributed by atoms with Crippen molar-refractivity contribution in [1.82, 2.24) is 0 Å². The Morgan fingerprint density at radius 3 is 2.36 bits per heavy atom. The monoisotopic (exact) mass is 262 g/mol. The molecule has 1 aromatic carbocycles. The molecular weight excluding hydrogens is 254 g/mol. The van der Waals surface area contributed by atoms with Gasteiger partial charge < -0.3 is 11.1 Å². The molecule has 0 radical (unpaired) electrons. The van der Waals surface area contributed by atoms with Gasteiger partial charge in [-0.3, -0.25) is 0 Å². The molecule has 3 N–H and O–H groups in total. The first-order valence-corrected chi connectivity index (χ1v) is 4.61. The molecule has 0 unspecified atom stereocenters. The first kappa shape index (κ1) is 11.0. The average molecular weight is 263 g/mol. The number of benzene rings is 1. The Hall–Kier alpha value is -1.10. The van der Waals surface area contributed by atoms with Gasteiger partial charge in [-0.2, -0.15) is 0 Å². The summed E-state index contributed by atoms with van der Waals surface area (Å²) < 4.78 is 26.9. The standard InChI is InChI=1S/C9H9BrF2N2/c1-5(10)4-14-9-7(11)2-6(13)3-8(9)12/h2-3,14H,1,4,13H2. The van der Waals surface area contributed by atoms with Crippen LogP contribution in [0.4, 0.5) is 20.2 Å². The van der Waals surface area contributed by atoms with Crippen LogP contribution in [0.15, 0.2) is 23.2 Å². The van der Waals surface area contributed by atoms with Crippen molar-refractivity contribution in [1.29, 1.82) is 0 Å². The highest BCUT2D eigenvalue weighted by atomic mass is 79.9. The van der Waals surface area contributed by atoms with Crippen molar-refractivity contribution in [2.24, 2.45) is 0 Å². The zero-order chi connectivity index (χ0) is 10.7. The summed E-state index contributed by atoms with van der Waals surface area (Å²) in [6.45, 7) is 3.78. The molecule has 0 saturated carbocycles. The number of nitrogens with one attached hydrogen (secondary N) is 1. The van der Waals surface area contributed by atoms with Crippen LogP contribution in [-0.4, -0.2) is 6.54 Å². The molecule has 76 valence electrons. The maximum atomic E-state index is 13.1. The third-order valence-electron chi connectivity index (χ3n) is 1.52. The number of nitrogen functional groups attached to an aromatic ring is 1. The van der Waals surface area contributed by atoms with Gasteiger partial charge in [0.25, 0.3) is 0 Å². The summed E-state index contributed by atoms with van der Waals surface area (Å²) in [5.41, 5.74) is 5.11. The lowest BCUT2D eigenvalue weighted by Crippen LogP contribution is -2.05. The maximum absolute atomic E-state index is 13.1. The van der Waals surface area contributed by atoms with E-state index < -0.39 is 11.6 Å². The smallest absolute Gasteiger partial charge is 0.151 e. The van der Waals surface area contributed by atoms with Crippen molar-refractivity contribution in [2.75, 3.05) is 17.6 Å². The van der Waals surface area contributed by atoms with Crippen molar-refractivity contribution in [3.05, 3.63) is 34.8 Å². The van der Waals surface area contributed by atoms with E-state index in [0.717, 1.165) is 12.1 Å². The second-order valence-electron chi connectivity index (χ2n) is 2.73. The minimum atomic E-state index is -0.712. The Morgan fingerprint density at radius 1 is 1.43 bits per heavy atom. The molecule has 2 nitrogen and oxygen atoms in total. The Labute approximate surface area is 88.9 Å². The molecule has 0 saturated heterocycles. The van der Waals surface area contributed by atoms with Gasteiger partial charge in [-0.25, -0.2) is 8.78 Å². The SMILES string of the molecule is C=C(Br)CNc1c(F)cc(N)cc1F. The number of nitrogens with two attached hydrogens (primary N) is 1. The fraction of sp³-hybridized carbons (Fsp3) is 0.111. The fourth-order valence-electron chi connectivity index (χ4n) is 0.946. The van der Waals surface area contributed by atoms with Crippen LogP contribution < -0.4 is 11.1 Å². The second-order valence-corrected chi connectivity index (χ2v) is 3.85. The van der Waals surface area contributed by atoms with Gasteiger partial charge in [0.15, 0.2) is 11.6 Å². The molecule has 1 rings (SSSR count). The molecule has 0 aliphatic heterocycles. The molecule has 0 fully saturated rings. The Bertz CT molecular complexity index is 343. The molecule has 0 aliphatic rings. The van der Waals surface area contributed by atoms with Gasteiger partial charge >= 0.3 is 0 Å². The average Bonchev–Trinajstić information content (AvgIpc) is 2.01. The van der Waals surface area contributed by atoms with Gasteiger partial charge in [0.05, 0.1) is 0 Å². The van der Waals surface area contributed by atoms with Gasteiger partial charge in [0.2, 0.25) is 0 Å². The van der Waals surface area contributed by atoms with E-state index in [-0.39, 0.29) is 17.9 Å². The van der Waals surface area contributed by atoms with Crippen LogP contribution in [0.1, 0.15) is 0 Å². The molecule has 14 heavy (non-hydrogen) atoms. The lowest BCUT2D eigenvalue weighted by Gasteiger charge is -2.08. The molecule has 0 atom stereocenters. The summed E-state index contributed by atoms with van der Waals surface area (Å²) in [6, 6.07) is 2.12. The molecule has 0 bridgehead atoms. The van der Waals surface area contributed by atoms with Crippen molar-refractivity contribution in [2.45, 2.75) is 0 Å². The van der Waals surface area contributed by atoms with E-state index in [4.69, 9.17) is 5.73 Å². The summed E-state index contributed by atoms with van der Waals surface area (Å²) in [7, 11) is 0. The van der Waals surface area contributed by atoms with Crippen LogP contribution in [0.2, 0.25) is 0 Å². The minimum Gasteiger partial charge on any atom is -0.399 e. The Balaban J connectivity index is 2.91. The fourth-order valence-corrected chi connectivity index (χ4v) is 1.09. The van der Waals surface area contributed by atoms with E-state index in [9.17, 15) is 8.78 Å². The quantitative estimate of drug-likeness (QED) is 0.823. The highest BCUT2D eigenvalue weighted by Crippen LogP contribution is 2.22. The molecule has 5 heteroatoms. The minimum absolute atomic E-state index is 0.0585. The van der Waals surface area contributed by atoms with Crippen molar-refractivity contribution in [3.63, 3.8) is 0 Å². The van der Waals surface area contributed by atoms with Crippen LogP contribution in [0.25, 0.3) is 0 Å². The topological polar surface area (TPSA) is 38.0 Å². The van der Waals surface area contributed by atoms with Gasteiger partial charge in [0.1, 0.15) is 5.69 Å². The second kappa shape index (κ2) is 4.41. The first-order valence-electron chi connectivity index (χ1n) is 3.82. The Kier molecular flexibility index (Phi) is 3.46. The maximum Gasteiger partial charge on any atom is 0.151 e. The van der Waals surface area contributed by atoms with Crippen molar-refractivity contribution < 1.29 is 8.78 Å². The highest BCUT2D eigenvalue weighted by Gasteiger charge is 2.09. The first-order chi connectivity index (χ1) is 6.50. The van der Waals surface area contributed by atoms with E-state index in [1.807, 2.05) is 0 Å². The number of anilines is 2. The third-order valence-corrected chi connectivity index (χ3v) is 1.80. The van der Waals surface area contributed by atoms with Crippen molar-refractivity contribution >= 4 is 27.3 Å². The zero-order valence-corrected chi connectivity index (χ0v) is 8.87. The van der Waals surface area contributed by atoms with Crippen LogP contribution >= 0.6 is 15.9 Å². The number of hydrogen-bond acceptors (Lipinski definition) is 2. The van der Waals surface area contributed by atoms with E-state index >= 15 is 0 Å². The molecule has 0 aliphatic carbocycles. The summed E-state index contributed by atoms with van der Waals surface area (Å²) in [5, 5.41) is 2.56. The van der Waals surface area contributed by atoms with E-state index in [0.29, 0.717) is 4.48 Å². The van der Waals surface area contributed by atoms with Gasteiger partial charge in [-0.15, -0.1) is 0 Å². The van der Waals surface area contributed by atoms with Gasteiger partial charge in [-0.1, -0.05) is 22.5 Å². The summed E-state index contributed by atoms with van der Waals surface area (Å²) >= 11 is 3.07. The number of hydrogen-bond donors (Lipinski definition) is 2. The molecule has 0 amide bonds. The molecular formula is C9H9BrF2N2. The lowest BCUT2D eigenvalue weighted by atomic mass is 10.2. The Morgan fingerprint density at radius 2 is 1.93 bits per heavy atom. The number of rotatable bonds is 3. The zero-order valence-electron chi connectivity index (χ0n) is 7.28. The molecule has 0 heterocycles. The predicted molar refractivity (Wildman–Crippen MR) is 57.3 cm³/mol. The normalized spacial score (nSPS) is 9.93. The summed E-state index contributed by atoms with van der Waals surface area (Å²) in [4.78, 5) is 0. The predicted octanol–water partition coefficient (Wildman–Crippen LogP) is 2.87. The van der Waals surface area contributed by atoms with E-state index in [1.54, 1.807) is 0 Å². The van der Waals surface area contributed by atoms with Crippen LogP contribution in [-0.2, 0) is 0 Å². The van der Waals surface area contributed by atoms with Gasteiger partial charge in [0, 0.05) is 16.7 Å². The van der Waals surface area contributed by atoms with Crippen LogP contribution in [0, 0.1) is 11.6 Å². The third kappa shape index (κ3) is 2.70. The van der Waals surface area contributed by atoms with Crippen molar-refractivity contribution in [3.8, 4) is 0 Å². The van der Waals surface area contributed by atoms with Crippen LogP contribution in [0.5, 0.6) is 0 Å². The molecule has 0 spiro atoms. The number of halogens is 3. The molecule has 1 aromatic rings. The highest BCUT2D eigenvalue weighted by molar-refractivity contribution is 9.11. The van der Waals surface area contributed by atoms with Crippen LogP contribution in [0.3, 0.4) is 0 Å². The summed E-state index contributed by atoms with van der Waals surface area (Å²) in [6.07, 6.45) is 0. The lowest BCUT2D eigenvalue weighted by molar-refractivity contribution is 0.590. The van der Waals surface area contributed by atoms with E-state index in [2.05, 4.69) is 27.8 Å². The largest absolute Gasteiger partial charge is 0.399 e. The van der Waals surface area contributed by atoms with E-state index in [1.165, 1.54) is 0 Å². The molecule has 0 aromatic heterocycles. The summed E-state index contributed by atoms with van der Waals surface area (Å²) in [5.74, 6) is -1.42.